The highest BCUT2D eigenvalue weighted by atomic mass is 35.5. The molecule has 0 radical (unpaired) electrons. The molecule has 508 valence electrons. The molecule has 0 bridgehead atoms. The van der Waals surface area contributed by atoms with Crippen LogP contribution in [0.4, 0.5) is 0 Å². The minimum Gasteiger partial charge on any atom is -0.452 e. The second-order valence-electron chi connectivity index (χ2n) is 27.2. The minimum atomic E-state index is -1.43. The van der Waals surface area contributed by atoms with E-state index in [1.807, 2.05) is 71.2 Å². The SMILES string of the molecule is Clc1ccc2oc3c(-c4cccc(-c5cccc6c5sc5ccccc56)c4)ncnc3c2c1.OB(O)c1ccc2cc(-c3ccc4ccccc4c3)ccc2c1.c1cc(-c2ncnc3c2oc2ccc(-c4ccc5cc(-c6ccc7ccccc7c6)ccc5c4)cc23)cc(-c2cccc3c2sc2ccccc23)c1. The summed E-state index contributed by atoms with van der Waals surface area (Å²) in [4.78, 5) is 18.6. The number of nitrogens with zero attached hydrogens (tertiary/aromatic N) is 4. The minimum absolute atomic E-state index is 0.510. The van der Waals surface area contributed by atoms with E-state index in [-0.39, 0.29) is 0 Å². The summed E-state index contributed by atoms with van der Waals surface area (Å²) in [6.07, 6.45) is 3.24. The van der Waals surface area contributed by atoms with Gasteiger partial charge in [-0.05, 0) is 189 Å². The normalized spacial score (nSPS) is 11.7. The van der Waals surface area contributed by atoms with Crippen molar-refractivity contribution in [3.05, 3.63) is 345 Å². The number of fused-ring (bicyclic) bond motifs is 16. The van der Waals surface area contributed by atoms with Crippen molar-refractivity contribution in [2.45, 2.75) is 0 Å². The summed E-state index contributed by atoms with van der Waals surface area (Å²) in [5.41, 5.74) is 20.4. The molecule has 0 atom stereocenters. The van der Waals surface area contributed by atoms with Crippen LogP contribution in [0.25, 0.3) is 206 Å². The third-order valence-electron chi connectivity index (χ3n) is 20.7. The molecule has 22 aromatic rings. The fourth-order valence-electron chi connectivity index (χ4n) is 15.3. The van der Waals surface area contributed by atoms with Gasteiger partial charge in [-0.15, -0.1) is 22.7 Å². The van der Waals surface area contributed by atoms with E-state index in [0.29, 0.717) is 21.7 Å². The second-order valence-corrected chi connectivity index (χ2v) is 29.7. The van der Waals surface area contributed by atoms with Gasteiger partial charge in [0.25, 0.3) is 0 Å². The smallest absolute Gasteiger partial charge is 0.452 e. The molecule has 0 amide bonds. The first-order valence-electron chi connectivity index (χ1n) is 35.6. The quantitative estimate of drug-likeness (QED) is 0.144. The van der Waals surface area contributed by atoms with Crippen molar-refractivity contribution in [2.24, 2.45) is 0 Å². The van der Waals surface area contributed by atoms with Crippen molar-refractivity contribution < 1.29 is 18.9 Å². The van der Waals surface area contributed by atoms with Crippen LogP contribution >= 0.6 is 34.3 Å². The average Bonchev–Trinajstić information content (AvgIpc) is 1.62. The third kappa shape index (κ3) is 11.7. The van der Waals surface area contributed by atoms with Gasteiger partial charge in [-0.3, -0.25) is 0 Å². The van der Waals surface area contributed by atoms with Crippen LogP contribution in [0.5, 0.6) is 0 Å². The zero-order chi connectivity index (χ0) is 71.9. The van der Waals surface area contributed by atoms with Crippen LogP contribution in [0, 0.1) is 0 Å². The topological polar surface area (TPSA) is 118 Å². The number of aromatic nitrogens is 4. The van der Waals surface area contributed by atoms with Gasteiger partial charge in [0.15, 0.2) is 11.2 Å². The molecule has 22 rings (SSSR count). The molecule has 108 heavy (non-hydrogen) atoms. The maximum atomic E-state index is 9.27. The van der Waals surface area contributed by atoms with Crippen molar-refractivity contribution in [3.63, 3.8) is 0 Å². The van der Waals surface area contributed by atoms with E-state index < -0.39 is 7.12 Å². The molecular weight excluding hydrogens is 1380 g/mol. The first kappa shape index (κ1) is 64.6. The van der Waals surface area contributed by atoms with Crippen LogP contribution in [0.3, 0.4) is 0 Å². The molecule has 0 spiro atoms. The Kier molecular flexibility index (Phi) is 16.1. The molecule has 6 aromatic heterocycles. The standard InChI is InChI=1S/C48H28N2OS.C28H15ClN2OS.C20H15BO2/c1-2-8-30-23-31(16-15-29(30)7-1)32-17-18-34-25-35(20-19-33(34)24-32)36-21-22-43-42(27-36)46-47(51-43)45(49-28-50-46)38-10-5-9-37(26-38)39-12-6-13-41-40-11-3-4-14-44(40)52-48(39)41;29-18-11-12-23-22(14-18)26-27(32-23)25(30-15-31-26)17-6-3-5-16(13-17)19-8-4-9-21-20-7-1-2-10-24(20)33-28(19)21;22-21(23)20-10-9-18-12-17(7-8-19(18)13-20)16-6-5-14-3-1-2-4-15(14)11-16/h1-28H;1-15H;1-13,22-23H. The summed E-state index contributed by atoms with van der Waals surface area (Å²) >= 11 is 9.90. The summed E-state index contributed by atoms with van der Waals surface area (Å²) < 4.78 is 17.9. The number of rotatable bonds is 8. The number of hydrogen-bond donors (Lipinski definition) is 2. The molecule has 0 aliphatic rings. The summed E-state index contributed by atoms with van der Waals surface area (Å²) in [5.74, 6) is 0. The van der Waals surface area contributed by atoms with E-state index in [4.69, 9.17) is 30.4 Å². The molecule has 0 aliphatic carbocycles. The van der Waals surface area contributed by atoms with Gasteiger partial charge in [0.1, 0.15) is 46.2 Å². The van der Waals surface area contributed by atoms with Gasteiger partial charge in [0.2, 0.25) is 0 Å². The van der Waals surface area contributed by atoms with Crippen molar-refractivity contribution in [3.8, 4) is 78.1 Å². The fraction of sp³-hybridized carbons (Fsp3) is 0. The Morgan fingerprint density at radius 2 is 0.648 bits per heavy atom. The highest BCUT2D eigenvalue weighted by Gasteiger charge is 2.21. The number of furan rings is 2. The molecule has 12 heteroatoms. The molecule has 0 fully saturated rings. The first-order chi connectivity index (χ1) is 53.2. The predicted molar refractivity (Wildman–Crippen MR) is 454 cm³/mol. The van der Waals surface area contributed by atoms with E-state index in [1.165, 1.54) is 100 Å². The highest BCUT2D eigenvalue weighted by molar-refractivity contribution is 7.26. The summed E-state index contributed by atoms with van der Waals surface area (Å²) in [6.45, 7) is 0. The largest absolute Gasteiger partial charge is 0.488 e. The zero-order valence-electron chi connectivity index (χ0n) is 57.6. The molecule has 0 saturated carbocycles. The lowest BCUT2D eigenvalue weighted by Crippen LogP contribution is -2.29. The summed E-state index contributed by atoms with van der Waals surface area (Å²) in [7, 11) is -1.43. The maximum Gasteiger partial charge on any atom is 0.488 e. The maximum absolute atomic E-state index is 9.27. The van der Waals surface area contributed by atoms with Crippen LogP contribution in [0.2, 0.25) is 5.02 Å². The Hall–Kier alpha value is -13.0. The van der Waals surface area contributed by atoms with E-state index in [2.05, 4.69) is 283 Å². The molecule has 8 nitrogen and oxygen atoms in total. The Morgan fingerprint density at radius 1 is 0.278 bits per heavy atom. The Morgan fingerprint density at radius 3 is 1.14 bits per heavy atom. The lowest BCUT2D eigenvalue weighted by atomic mass is 9.79. The van der Waals surface area contributed by atoms with E-state index in [0.717, 1.165) is 94.1 Å². The summed E-state index contributed by atoms with van der Waals surface area (Å²) in [5, 5.41) is 35.7. The Balaban J connectivity index is 0.000000117. The van der Waals surface area contributed by atoms with Crippen molar-refractivity contribution in [1.82, 2.24) is 19.9 Å². The number of benzene rings is 16. The molecule has 0 unspecified atom stereocenters. The van der Waals surface area contributed by atoms with Crippen LogP contribution in [-0.2, 0) is 0 Å². The Labute approximate surface area is 632 Å². The van der Waals surface area contributed by atoms with E-state index >= 15 is 0 Å². The molecule has 2 N–H and O–H groups in total. The molecule has 16 aromatic carbocycles. The second kappa shape index (κ2) is 26.9. The predicted octanol–water partition coefficient (Wildman–Crippen LogP) is 25.8. The lowest BCUT2D eigenvalue weighted by molar-refractivity contribution is 0.426. The number of hydrogen-bond acceptors (Lipinski definition) is 10. The van der Waals surface area contributed by atoms with Gasteiger partial charge in [-0.1, -0.05) is 254 Å². The monoisotopic (exact) mass is 1440 g/mol. The van der Waals surface area contributed by atoms with E-state index in [1.54, 1.807) is 18.7 Å². The van der Waals surface area contributed by atoms with Gasteiger partial charge < -0.3 is 18.9 Å². The fourth-order valence-corrected chi connectivity index (χ4v) is 17.9. The third-order valence-corrected chi connectivity index (χ3v) is 23.3. The average molecular weight is 1440 g/mol. The molecule has 6 heterocycles. The summed E-state index contributed by atoms with van der Waals surface area (Å²) in [6, 6.07) is 115. The van der Waals surface area contributed by atoms with Gasteiger partial charge in [0, 0.05) is 67.3 Å². The van der Waals surface area contributed by atoms with Crippen LogP contribution < -0.4 is 5.46 Å². The van der Waals surface area contributed by atoms with Crippen molar-refractivity contribution in [1.29, 1.82) is 0 Å². The van der Waals surface area contributed by atoms with Crippen LogP contribution in [0.15, 0.2) is 349 Å². The van der Waals surface area contributed by atoms with Crippen molar-refractivity contribution in [2.75, 3.05) is 0 Å². The van der Waals surface area contributed by atoms with E-state index in [9.17, 15) is 10.0 Å². The van der Waals surface area contributed by atoms with Crippen molar-refractivity contribution >= 4 is 174 Å². The van der Waals surface area contributed by atoms with Crippen LogP contribution in [-0.4, -0.2) is 37.1 Å². The Bertz CT molecular complexity index is 7370. The first-order valence-corrected chi connectivity index (χ1v) is 37.7. The van der Waals surface area contributed by atoms with Gasteiger partial charge in [-0.25, -0.2) is 19.9 Å². The van der Waals surface area contributed by atoms with Gasteiger partial charge in [-0.2, -0.15) is 0 Å². The van der Waals surface area contributed by atoms with Gasteiger partial charge >= 0.3 is 7.12 Å². The number of thiophene rings is 2. The number of halogens is 1. The molecular formula is C96H58BClN4O4S2. The molecule has 0 saturated heterocycles. The lowest BCUT2D eigenvalue weighted by Gasteiger charge is -2.08. The van der Waals surface area contributed by atoms with Gasteiger partial charge in [0.05, 0.1) is 0 Å². The molecule has 0 aliphatic heterocycles. The zero-order valence-corrected chi connectivity index (χ0v) is 60.0. The van der Waals surface area contributed by atoms with Crippen LogP contribution in [0.1, 0.15) is 0 Å². The highest BCUT2D eigenvalue weighted by Crippen LogP contribution is 2.45.